The molecule has 3 heterocycles. The van der Waals surface area contributed by atoms with Crippen molar-refractivity contribution in [3.63, 3.8) is 0 Å². The first-order valence-corrected chi connectivity index (χ1v) is 11.3. The molecule has 1 aliphatic heterocycles. The molecule has 3 aromatic rings. The van der Waals surface area contributed by atoms with Gasteiger partial charge in [0.1, 0.15) is 5.00 Å². The minimum atomic E-state index is -0.401. The number of esters is 1. The number of benzene rings is 1. The van der Waals surface area contributed by atoms with Crippen molar-refractivity contribution in [1.29, 1.82) is 0 Å². The van der Waals surface area contributed by atoms with Gasteiger partial charge in [-0.15, -0.1) is 11.3 Å². The van der Waals surface area contributed by atoms with Crippen LogP contribution in [0.25, 0.3) is 0 Å². The predicted molar refractivity (Wildman–Crippen MR) is 119 cm³/mol. The number of carbonyl (C=O) groups is 2. The monoisotopic (exact) mass is 488 g/mol. The Balaban J connectivity index is 1.59. The topological polar surface area (TPSA) is 71.8 Å². The first-order chi connectivity index (χ1) is 14.5. The molecule has 6 nitrogen and oxygen atoms in total. The molecular weight excluding hydrogens is 468 g/mol. The largest absolute Gasteiger partial charge is 0.462 e. The summed E-state index contributed by atoms with van der Waals surface area (Å²) in [7, 11) is 0. The smallest absolute Gasteiger partial charge is 0.341 e. The van der Waals surface area contributed by atoms with Gasteiger partial charge in [-0.2, -0.15) is 0 Å². The van der Waals surface area contributed by atoms with Crippen molar-refractivity contribution in [1.82, 2.24) is 4.90 Å². The number of halogens is 1. The van der Waals surface area contributed by atoms with E-state index >= 15 is 0 Å². The van der Waals surface area contributed by atoms with Crippen LogP contribution in [0.3, 0.4) is 0 Å². The van der Waals surface area contributed by atoms with E-state index in [9.17, 15) is 9.59 Å². The summed E-state index contributed by atoms with van der Waals surface area (Å²) in [4.78, 5) is 28.7. The molecule has 0 unspecified atom stereocenters. The summed E-state index contributed by atoms with van der Waals surface area (Å²) in [6, 6.07) is 13.5. The molecule has 0 spiro atoms. The van der Waals surface area contributed by atoms with Crippen molar-refractivity contribution in [2.75, 3.05) is 18.5 Å². The number of ether oxygens (including phenoxy) is 1. The Bertz CT molecular complexity index is 1060. The number of nitrogens with zero attached hydrogens (tertiary/aromatic N) is 1. The van der Waals surface area contributed by atoms with E-state index in [0.29, 0.717) is 15.2 Å². The van der Waals surface area contributed by atoms with E-state index in [0.717, 1.165) is 36.5 Å². The van der Waals surface area contributed by atoms with Gasteiger partial charge < -0.3 is 14.5 Å². The van der Waals surface area contributed by atoms with Crippen molar-refractivity contribution < 1.29 is 18.7 Å². The number of fused-ring (bicyclic) bond motifs is 1. The lowest BCUT2D eigenvalue weighted by Crippen LogP contribution is -2.29. The van der Waals surface area contributed by atoms with E-state index in [4.69, 9.17) is 9.15 Å². The third-order valence-corrected chi connectivity index (χ3v) is 6.45. The van der Waals surface area contributed by atoms with Crippen molar-refractivity contribution in [3.05, 3.63) is 74.5 Å². The first-order valence-electron chi connectivity index (χ1n) is 9.69. The predicted octanol–water partition coefficient (Wildman–Crippen LogP) is 5.09. The van der Waals surface area contributed by atoms with Crippen molar-refractivity contribution in [2.45, 2.75) is 26.4 Å². The molecule has 156 valence electrons. The molecule has 4 rings (SSSR count). The number of rotatable bonds is 6. The molecule has 0 aliphatic carbocycles. The van der Waals surface area contributed by atoms with Gasteiger partial charge in [-0.3, -0.25) is 9.69 Å². The van der Waals surface area contributed by atoms with Crippen LogP contribution in [0.2, 0.25) is 0 Å². The Morgan fingerprint density at radius 3 is 2.73 bits per heavy atom. The van der Waals surface area contributed by atoms with E-state index in [2.05, 4.69) is 38.3 Å². The first kappa shape index (κ1) is 20.8. The molecule has 1 N–H and O–H groups in total. The lowest BCUT2D eigenvalue weighted by Gasteiger charge is -2.27. The van der Waals surface area contributed by atoms with Crippen molar-refractivity contribution in [3.8, 4) is 0 Å². The molecule has 0 fully saturated rings. The van der Waals surface area contributed by atoms with Gasteiger partial charge >= 0.3 is 5.97 Å². The van der Waals surface area contributed by atoms with Gasteiger partial charge in [0.05, 0.1) is 12.2 Å². The van der Waals surface area contributed by atoms with E-state index in [1.54, 1.807) is 19.1 Å². The van der Waals surface area contributed by atoms with E-state index in [1.165, 1.54) is 16.9 Å². The molecular formula is C22H21BrN2O4S. The number of amides is 1. The van der Waals surface area contributed by atoms with Gasteiger partial charge in [-0.1, -0.05) is 30.3 Å². The molecule has 1 aliphatic rings. The van der Waals surface area contributed by atoms with Crippen LogP contribution in [0, 0.1) is 0 Å². The average molecular weight is 489 g/mol. The molecule has 0 bridgehead atoms. The Morgan fingerprint density at radius 2 is 2.03 bits per heavy atom. The number of hydrogen-bond donors (Lipinski definition) is 1. The summed E-state index contributed by atoms with van der Waals surface area (Å²) in [5.41, 5.74) is 2.69. The normalized spacial score (nSPS) is 13.7. The highest BCUT2D eigenvalue weighted by atomic mass is 79.9. The number of furan rings is 1. The molecule has 0 atom stereocenters. The third-order valence-electron chi connectivity index (χ3n) is 4.89. The fourth-order valence-corrected chi connectivity index (χ4v) is 5.12. The van der Waals surface area contributed by atoms with Crippen LogP contribution in [0.5, 0.6) is 0 Å². The van der Waals surface area contributed by atoms with E-state index < -0.39 is 11.9 Å². The van der Waals surface area contributed by atoms with E-state index in [1.807, 2.05) is 18.2 Å². The number of hydrogen-bond acceptors (Lipinski definition) is 6. The highest BCUT2D eigenvalue weighted by Gasteiger charge is 2.30. The molecule has 8 heteroatoms. The fourth-order valence-electron chi connectivity index (χ4n) is 3.54. The Hall–Kier alpha value is -2.42. The fraction of sp³-hybridized carbons (Fsp3) is 0.273. The molecule has 30 heavy (non-hydrogen) atoms. The van der Waals surface area contributed by atoms with E-state index in [-0.39, 0.29) is 12.4 Å². The maximum Gasteiger partial charge on any atom is 0.341 e. The third kappa shape index (κ3) is 4.50. The van der Waals surface area contributed by atoms with Gasteiger partial charge in [0.25, 0.3) is 5.91 Å². The Kier molecular flexibility index (Phi) is 6.36. The second-order valence-corrected chi connectivity index (χ2v) is 8.82. The molecule has 0 radical (unpaired) electrons. The zero-order chi connectivity index (χ0) is 21.1. The van der Waals surface area contributed by atoms with Gasteiger partial charge in [0.2, 0.25) is 0 Å². The average Bonchev–Trinajstić information content (AvgIpc) is 3.32. The maximum atomic E-state index is 12.7. The summed E-state index contributed by atoms with van der Waals surface area (Å²) in [6.07, 6.45) is 0.731. The number of nitrogens with one attached hydrogen (secondary N) is 1. The SMILES string of the molecule is CCOC(=O)c1c(NC(=O)c2ccc(Br)o2)sc2c1CCN(Cc1ccccc1)C2. The van der Waals surface area contributed by atoms with Gasteiger partial charge in [-0.05, 0) is 52.5 Å². The molecule has 0 saturated carbocycles. The van der Waals surface area contributed by atoms with Crippen LogP contribution in [0.15, 0.2) is 51.6 Å². The second kappa shape index (κ2) is 9.16. The van der Waals surface area contributed by atoms with Crippen LogP contribution >= 0.6 is 27.3 Å². The summed E-state index contributed by atoms with van der Waals surface area (Å²) < 4.78 is 11.1. The van der Waals surface area contributed by atoms with Crippen LogP contribution in [0.4, 0.5) is 5.00 Å². The highest BCUT2D eigenvalue weighted by molar-refractivity contribution is 9.10. The lowest BCUT2D eigenvalue weighted by molar-refractivity contribution is 0.0526. The summed E-state index contributed by atoms with van der Waals surface area (Å²) in [5, 5.41) is 3.36. The quantitative estimate of drug-likeness (QED) is 0.489. The zero-order valence-corrected chi connectivity index (χ0v) is 18.8. The standard InChI is InChI=1S/C22H21BrN2O4S/c1-2-28-22(27)19-15-10-11-25(12-14-6-4-3-5-7-14)13-17(15)30-21(19)24-20(26)16-8-9-18(23)29-16/h3-9H,2,10-13H2,1H3,(H,24,26). The Labute approximate surface area is 187 Å². The number of carbonyl (C=O) groups excluding carboxylic acids is 2. The van der Waals surface area contributed by atoms with Gasteiger partial charge in [0.15, 0.2) is 10.4 Å². The minimum absolute atomic E-state index is 0.175. The van der Waals surface area contributed by atoms with Crippen molar-refractivity contribution in [2.24, 2.45) is 0 Å². The zero-order valence-electron chi connectivity index (χ0n) is 16.4. The minimum Gasteiger partial charge on any atom is -0.462 e. The number of thiophene rings is 1. The Morgan fingerprint density at radius 1 is 1.23 bits per heavy atom. The molecule has 1 aromatic carbocycles. The summed E-state index contributed by atoms with van der Waals surface area (Å²) >= 11 is 4.63. The van der Waals surface area contributed by atoms with Gasteiger partial charge in [0, 0.05) is 24.5 Å². The number of anilines is 1. The molecule has 2 aromatic heterocycles. The van der Waals surface area contributed by atoms with Crippen LogP contribution in [0.1, 0.15) is 43.8 Å². The molecule has 0 saturated heterocycles. The maximum absolute atomic E-state index is 12.7. The lowest BCUT2D eigenvalue weighted by atomic mass is 10.0. The van der Waals surface area contributed by atoms with Gasteiger partial charge in [-0.25, -0.2) is 4.79 Å². The van der Waals surface area contributed by atoms with Crippen LogP contribution in [-0.4, -0.2) is 29.9 Å². The highest BCUT2D eigenvalue weighted by Crippen LogP contribution is 2.38. The summed E-state index contributed by atoms with van der Waals surface area (Å²) in [5.74, 6) is -0.623. The van der Waals surface area contributed by atoms with Crippen LogP contribution in [-0.2, 0) is 24.2 Å². The summed E-state index contributed by atoms with van der Waals surface area (Å²) in [6.45, 7) is 4.46. The molecule has 1 amide bonds. The second-order valence-electron chi connectivity index (χ2n) is 6.93. The van der Waals surface area contributed by atoms with Crippen LogP contribution < -0.4 is 5.32 Å². The van der Waals surface area contributed by atoms with Crippen molar-refractivity contribution >= 4 is 44.1 Å².